The van der Waals surface area contributed by atoms with Gasteiger partial charge in [-0.2, -0.15) is 0 Å². The minimum absolute atomic E-state index is 0.00291. The molecule has 2 atom stereocenters. The lowest BCUT2D eigenvalue weighted by atomic mass is 10.2. The van der Waals surface area contributed by atoms with E-state index < -0.39 is 0 Å². The van der Waals surface area contributed by atoms with Crippen LogP contribution in [0, 0.1) is 0 Å². The third-order valence-electron chi connectivity index (χ3n) is 3.63. The van der Waals surface area contributed by atoms with Crippen molar-refractivity contribution in [1.29, 1.82) is 0 Å². The molecule has 2 unspecified atom stereocenters. The van der Waals surface area contributed by atoms with Gasteiger partial charge in [-0.15, -0.1) is 10.2 Å². The van der Waals surface area contributed by atoms with Crippen LogP contribution in [0.3, 0.4) is 0 Å². The minimum atomic E-state index is -0.0921. The van der Waals surface area contributed by atoms with Crippen molar-refractivity contribution in [3.05, 3.63) is 11.6 Å². The average Bonchev–Trinajstić information content (AvgIpc) is 2.97. The van der Waals surface area contributed by atoms with Crippen molar-refractivity contribution in [3.8, 4) is 0 Å². The van der Waals surface area contributed by atoms with Crippen LogP contribution in [0.2, 0.25) is 0 Å². The molecule has 6 nitrogen and oxygen atoms in total. The number of nitrogens with zero attached hydrogens (tertiary/aromatic N) is 3. The van der Waals surface area contributed by atoms with Crippen LogP contribution in [0.4, 0.5) is 0 Å². The molecule has 1 aromatic rings. The smallest absolute Gasteiger partial charge is 0.234 e. The normalized spacial score (nSPS) is 17.0. The number of amides is 1. The molecule has 2 N–H and O–H groups in total. The SMILES string of the molecule is CCC(C)NCC(=O)NC(C)c1nnc2n1CCC2. The van der Waals surface area contributed by atoms with E-state index in [0.717, 1.165) is 37.5 Å². The average molecular weight is 265 g/mol. The van der Waals surface area contributed by atoms with Crippen LogP contribution in [0.1, 0.15) is 51.3 Å². The van der Waals surface area contributed by atoms with Crippen molar-refractivity contribution in [2.24, 2.45) is 0 Å². The first-order valence-electron chi connectivity index (χ1n) is 7.06. The fourth-order valence-corrected chi connectivity index (χ4v) is 2.26. The van der Waals surface area contributed by atoms with Crippen LogP contribution in [-0.4, -0.2) is 33.3 Å². The van der Waals surface area contributed by atoms with Gasteiger partial charge in [0, 0.05) is 19.0 Å². The molecule has 0 radical (unpaired) electrons. The summed E-state index contributed by atoms with van der Waals surface area (Å²) >= 11 is 0. The molecule has 2 rings (SSSR count). The molecule has 0 fully saturated rings. The van der Waals surface area contributed by atoms with E-state index in [4.69, 9.17) is 0 Å². The van der Waals surface area contributed by atoms with Crippen LogP contribution >= 0.6 is 0 Å². The van der Waals surface area contributed by atoms with E-state index in [1.54, 1.807) is 0 Å². The van der Waals surface area contributed by atoms with E-state index >= 15 is 0 Å². The zero-order valence-corrected chi connectivity index (χ0v) is 11.9. The monoisotopic (exact) mass is 265 g/mol. The molecule has 0 bridgehead atoms. The summed E-state index contributed by atoms with van der Waals surface area (Å²) < 4.78 is 2.12. The molecule has 1 aliphatic heterocycles. The standard InChI is InChI=1S/C13H23N5O/c1-4-9(2)14-8-12(19)15-10(3)13-17-16-11-6-5-7-18(11)13/h9-10,14H,4-8H2,1-3H3,(H,15,19). The van der Waals surface area contributed by atoms with Gasteiger partial charge in [-0.25, -0.2) is 0 Å². The summed E-state index contributed by atoms with van der Waals surface area (Å²) in [4.78, 5) is 11.8. The molecule has 0 saturated heterocycles. The van der Waals surface area contributed by atoms with E-state index in [1.165, 1.54) is 0 Å². The third kappa shape index (κ3) is 3.32. The lowest BCUT2D eigenvalue weighted by molar-refractivity contribution is -0.121. The first kappa shape index (κ1) is 14.0. The number of rotatable bonds is 6. The van der Waals surface area contributed by atoms with Gasteiger partial charge in [0.2, 0.25) is 5.91 Å². The Labute approximate surface area is 114 Å². The number of carbonyl (C=O) groups is 1. The van der Waals surface area contributed by atoms with Gasteiger partial charge < -0.3 is 15.2 Å². The summed E-state index contributed by atoms with van der Waals surface area (Å²) in [5, 5.41) is 14.5. The molecule has 1 aliphatic rings. The summed E-state index contributed by atoms with van der Waals surface area (Å²) in [6, 6.07) is 0.268. The van der Waals surface area contributed by atoms with Crippen molar-refractivity contribution < 1.29 is 4.79 Å². The lowest BCUT2D eigenvalue weighted by Gasteiger charge is -2.15. The maximum Gasteiger partial charge on any atom is 0.234 e. The second-order valence-electron chi connectivity index (χ2n) is 5.21. The van der Waals surface area contributed by atoms with Crippen molar-refractivity contribution in [3.63, 3.8) is 0 Å². The highest BCUT2D eigenvalue weighted by atomic mass is 16.2. The summed E-state index contributed by atoms with van der Waals surface area (Å²) in [7, 11) is 0. The van der Waals surface area contributed by atoms with E-state index in [2.05, 4.69) is 39.2 Å². The van der Waals surface area contributed by atoms with Crippen LogP contribution in [0.15, 0.2) is 0 Å². The molecule has 0 saturated carbocycles. The molecule has 0 aromatic carbocycles. The largest absolute Gasteiger partial charge is 0.345 e. The number of nitrogens with one attached hydrogen (secondary N) is 2. The van der Waals surface area contributed by atoms with E-state index in [1.807, 2.05) is 6.92 Å². The highest BCUT2D eigenvalue weighted by Gasteiger charge is 2.22. The van der Waals surface area contributed by atoms with Gasteiger partial charge in [0.1, 0.15) is 5.82 Å². The predicted molar refractivity (Wildman–Crippen MR) is 72.7 cm³/mol. The first-order chi connectivity index (χ1) is 9.11. The molecule has 1 aromatic heterocycles. The quantitative estimate of drug-likeness (QED) is 0.797. The zero-order valence-electron chi connectivity index (χ0n) is 11.9. The van der Waals surface area contributed by atoms with Gasteiger partial charge in [-0.05, 0) is 26.7 Å². The van der Waals surface area contributed by atoms with Gasteiger partial charge in [-0.3, -0.25) is 4.79 Å². The zero-order chi connectivity index (χ0) is 13.8. The Bertz CT molecular complexity index is 442. The summed E-state index contributed by atoms with van der Waals surface area (Å²) in [6.07, 6.45) is 3.12. The summed E-state index contributed by atoms with van der Waals surface area (Å²) in [6.45, 7) is 7.43. The first-order valence-corrected chi connectivity index (χ1v) is 7.06. The topological polar surface area (TPSA) is 71.8 Å². The van der Waals surface area contributed by atoms with E-state index in [9.17, 15) is 4.79 Å². The molecule has 19 heavy (non-hydrogen) atoms. The Hall–Kier alpha value is -1.43. The molecule has 2 heterocycles. The molecule has 106 valence electrons. The minimum Gasteiger partial charge on any atom is -0.345 e. The maximum absolute atomic E-state index is 11.8. The van der Waals surface area contributed by atoms with Crippen LogP contribution in [0.25, 0.3) is 0 Å². The van der Waals surface area contributed by atoms with Crippen LogP contribution in [0.5, 0.6) is 0 Å². The lowest BCUT2D eigenvalue weighted by Crippen LogP contribution is -2.39. The number of aryl methyl sites for hydroxylation is 1. The van der Waals surface area contributed by atoms with Crippen molar-refractivity contribution >= 4 is 5.91 Å². The fraction of sp³-hybridized carbons (Fsp3) is 0.769. The van der Waals surface area contributed by atoms with Crippen LogP contribution < -0.4 is 10.6 Å². The Morgan fingerprint density at radius 2 is 2.21 bits per heavy atom. The third-order valence-corrected chi connectivity index (χ3v) is 3.63. The van der Waals surface area contributed by atoms with E-state index in [-0.39, 0.29) is 11.9 Å². The summed E-state index contributed by atoms with van der Waals surface area (Å²) in [5.74, 6) is 1.90. The molecular weight excluding hydrogens is 242 g/mol. The Morgan fingerprint density at radius 3 is 2.95 bits per heavy atom. The molecule has 0 spiro atoms. The van der Waals surface area contributed by atoms with Gasteiger partial charge in [-0.1, -0.05) is 6.92 Å². The van der Waals surface area contributed by atoms with Gasteiger partial charge in [0.15, 0.2) is 5.82 Å². The second kappa shape index (κ2) is 6.14. The van der Waals surface area contributed by atoms with Gasteiger partial charge in [0.25, 0.3) is 0 Å². The number of aromatic nitrogens is 3. The van der Waals surface area contributed by atoms with Crippen molar-refractivity contribution in [2.75, 3.05) is 6.54 Å². The highest BCUT2D eigenvalue weighted by molar-refractivity contribution is 5.78. The molecule has 0 aliphatic carbocycles. The Balaban J connectivity index is 1.86. The highest BCUT2D eigenvalue weighted by Crippen LogP contribution is 2.18. The summed E-state index contributed by atoms with van der Waals surface area (Å²) in [5.41, 5.74) is 0. The van der Waals surface area contributed by atoms with Crippen LogP contribution in [-0.2, 0) is 17.8 Å². The second-order valence-corrected chi connectivity index (χ2v) is 5.21. The number of hydrogen-bond donors (Lipinski definition) is 2. The number of fused-ring (bicyclic) bond motifs is 1. The molecular formula is C13H23N5O. The van der Waals surface area contributed by atoms with Gasteiger partial charge >= 0.3 is 0 Å². The maximum atomic E-state index is 11.8. The number of carbonyl (C=O) groups excluding carboxylic acids is 1. The Morgan fingerprint density at radius 1 is 1.42 bits per heavy atom. The predicted octanol–water partition coefficient (Wildman–Crippen LogP) is 0.790. The fourth-order valence-electron chi connectivity index (χ4n) is 2.26. The van der Waals surface area contributed by atoms with Crippen molar-refractivity contribution in [1.82, 2.24) is 25.4 Å². The van der Waals surface area contributed by atoms with E-state index in [0.29, 0.717) is 12.6 Å². The molecule has 1 amide bonds. The Kier molecular flexibility index (Phi) is 4.52. The molecule has 6 heteroatoms. The van der Waals surface area contributed by atoms with Crippen molar-refractivity contribution in [2.45, 2.75) is 58.7 Å². The number of hydrogen-bond acceptors (Lipinski definition) is 4. The van der Waals surface area contributed by atoms with Gasteiger partial charge in [0.05, 0.1) is 12.6 Å².